The molecule has 96 valence electrons. The summed E-state index contributed by atoms with van der Waals surface area (Å²) in [5.41, 5.74) is 1.16. The van der Waals surface area contributed by atoms with Crippen LogP contribution in [0.25, 0.3) is 0 Å². The van der Waals surface area contributed by atoms with Crippen molar-refractivity contribution in [1.82, 2.24) is 10.2 Å². The summed E-state index contributed by atoms with van der Waals surface area (Å²) < 4.78 is 10.8. The molecule has 18 heavy (non-hydrogen) atoms. The number of nitrogens with zero attached hydrogens (tertiary/aromatic N) is 2. The zero-order valence-corrected chi connectivity index (χ0v) is 10.6. The minimum atomic E-state index is 0.141. The lowest BCUT2D eigenvalue weighted by molar-refractivity contribution is 0.174. The van der Waals surface area contributed by atoms with Gasteiger partial charge < -0.3 is 14.8 Å². The molecule has 1 aromatic rings. The van der Waals surface area contributed by atoms with Gasteiger partial charge in [-0.1, -0.05) is 6.07 Å². The molecule has 1 atom stereocenters. The first-order chi connectivity index (χ1) is 8.75. The van der Waals surface area contributed by atoms with Crippen LogP contribution in [0.4, 0.5) is 0 Å². The Bertz CT molecular complexity index is 485. The number of fused-ring (bicyclic) bond motifs is 1. The van der Waals surface area contributed by atoms with Crippen LogP contribution in [-0.2, 0) is 0 Å². The maximum Gasteiger partial charge on any atom is 0.231 e. The summed E-state index contributed by atoms with van der Waals surface area (Å²) in [4.78, 5) is 6.67. The molecule has 0 aliphatic carbocycles. The van der Waals surface area contributed by atoms with Gasteiger partial charge in [0.05, 0.1) is 12.6 Å². The summed E-state index contributed by atoms with van der Waals surface area (Å²) in [6.45, 7) is 2.08. The van der Waals surface area contributed by atoms with Gasteiger partial charge in [-0.25, -0.2) is 0 Å². The van der Waals surface area contributed by atoms with Crippen LogP contribution in [0.5, 0.6) is 11.5 Å². The third-order valence-corrected chi connectivity index (χ3v) is 3.19. The predicted octanol–water partition coefficient (Wildman–Crippen LogP) is 1.02. The topological polar surface area (TPSA) is 46.1 Å². The van der Waals surface area contributed by atoms with Gasteiger partial charge in [-0.3, -0.25) is 9.89 Å². The Hall–Kier alpha value is -1.75. The normalized spacial score (nSPS) is 18.7. The number of hydrogen-bond donors (Lipinski definition) is 1. The Morgan fingerprint density at radius 3 is 2.83 bits per heavy atom. The van der Waals surface area contributed by atoms with Gasteiger partial charge in [0, 0.05) is 6.54 Å². The minimum absolute atomic E-state index is 0.141. The Balaban J connectivity index is 1.95. The molecule has 0 aromatic heterocycles. The number of benzene rings is 1. The van der Waals surface area contributed by atoms with Crippen LogP contribution in [0.1, 0.15) is 11.6 Å². The highest BCUT2D eigenvalue weighted by molar-refractivity contribution is 5.89. The van der Waals surface area contributed by atoms with E-state index < -0.39 is 0 Å². The fourth-order valence-corrected chi connectivity index (χ4v) is 2.38. The average molecular weight is 247 g/mol. The monoisotopic (exact) mass is 247 g/mol. The first-order valence-electron chi connectivity index (χ1n) is 6.10. The van der Waals surface area contributed by atoms with E-state index in [4.69, 9.17) is 9.47 Å². The molecule has 0 fully saturated rings. The lowest BCUT2D eigenvalue weighted by atomic mass is 10.0. The maximum atomic E-state index is 5.43. The first kappa shape index (κ1) is 11.3. The number of aliphatic imine (C=N–C) groups is 1. The second-order valence-electron chi connectivity index (χ2n) is 4.67. The molecule has 0 saturated carbocycles. The summed E-state index contributed by atoms with van der Waals surface area (Å²) in [6, 6.07) is 6.21. The van der Waals surface area contributed by atoms with E-state index in [2.05, 4.69) is 35.4 Å². The van der Waals surface area contributed by atoms with Crippen LogP contribution in [0.2, 0.25) is 0 Å². The highest BCUT2D eigenvalue weighted by Gasteiger charge is 2.25. The molecule has 1 N–H and O–H groups in total. The quantitative estimate of drug-likeness (QED) is 0.866. The molecule has 0 amide bonds. The van der Waals surface area contributed by atoms with Gasteiger partial charge in [0.1, 0.15) is 5.84 Å². The molecule has 1 unspecified atom stereocenters. The van der Waals surface area contributed by atoms with E-state index in [0.29, 0.717) is 6.79 Å². The van der Waals surface area contributed by atoms with E-state index in [9.17, 15) is 0 Å². The SMILES string of the molecule is CN(C)C(C1=NCCN1)c1ccc2c(c1)OCO2. The summed E-state index contributed by atoms with van der Waals surface area (Å²) >= 11 is 0. The minimum Gasteiger partial charge on any atom is -0.454 e. The van der Waals surface area contributed by atoms with Gasteiger partial charge in [0.25, 0.3) is 0 Å². The summed E-state index contributed by atoms with van der Waals surface area (Å²) in [5, 5.41) is 3.34. The van der Waals surface area contributed by atoms with E-state index >= 15 is 0 Å². The molecule has 5 heteroatoms. The van der Waals surface area contributed by atoms with E-state index in [1.54, 1.807) is 0 Å². The molecule has 2 heterocycles. The van der Waals surface area contributed by atoms with Gasteiger partial charge in [0.2, 0.25) is 6.79 Å². The summed E-state index contributed by atoms with van der Waals surface area (Å²) in [7, 11) is 4.11. The Morgan fingerprint density at radius 2 is 2.11 bits per heavy atom. The Labute approximate surface area is 106 Å². The van der Waals surface area contributed by atoms with Crippen LogP contribution >= 0.6 is 0 Å². The van der Waals surface area contributed by atoms with Gasteiger partial charge >= 0.3 is 0 Å². The predicted molar refractivity (Wildman–Crippen MR) is 69.3 cm³/mol. The number of nitrogens with one attached hydrogen (secondary N) is 1. The van der Waals surface area contributed by atoms with Crippen LogP contribution < -0.4 is 14.8 Å². The lowest BCUT2D eigenvalue weighted by Crippen LogP contribution is -2.34. The zero-order valence-electron chi connectivity index (χ0n) is 10.6. The largest absolute Gasteiger partial charge is 0.454 e. The van der Waals surface area contributed by atoms with Crippen molar-refractivity contribution in [2.75, 3.05) is 34.0 Å². The number of hydrogen-bond acceptors (Lipinski definition) is 5. The molecular formula is C13H17N3O2. The molecule has 2 aliphatic heterocycles. The highest BCUT2D eigenvalue weighted by Crippen LogP contribution is 2.35. The fraction of sp³-hybridized carbons (Fsp3) is 0.462. The van der Waals surface area contributed by atoms with Crippen LogP contribution in [0.3, 0.4) is 0 Å². The Kier molecular flexibility index (Phi) is 2.83. The van der Waals surface area contributed by atoms with Crippen molar-refractivity contribution in [2.24, 2.45) is 4.99 Å². The first-order valence-corrected chi connectivity index (χ1v) is 6.10. The average Bonchev–Trinajstić information content (AvgIpc) is 2.98. The van der Waals surface area contributed by atoms with Gasteiger partial charge in [-0.2, -0.15) is 0 Å². The van der Waals surface area contributed by atoms with Crippen molar-refractivity contribution in [3.05, 3.63) is 23.8 Å². The van der Waals surface area contributed by atoms with Crippen molar-refractivity contribution in [2.45, 2.75) is 6.04 Å². The van der Waals surface area contributed by atoms with Crippen molar-refractivity contribution < 1.29 is 9.47 Å². The van der Waals surface area contributed by atoms with E-state index in [1.165, 1.54) is 0 Å². The number of amidine groups is 1. The fourth-order valence-electron chi connectivity index (χ4n) is 2.38. The third kappa shape index (κ3) is 1.90. The van der Waals surface area contributed by atoms with Crippen molar-refractivity contribution in [3.8, 4) is 11.5 Å². The highest BCUT2D eigenvalue weighted by atomic mass is 16.7. The summed E-state index contributed by atoms with van der Waals surface area (Å²) in [5.74, 6) is 2.66. The smallest absolute Gasteiger partial charge is 0.231 e. The van der Waals surface area contributed by atoms with E-state index in [-0.39, 0.29) is 6.04 Å². The van der Waals surface area contributed by atoms with Crippen molar-refractivity contribution in [3.63, 3.8) is 0 Å². The molecule has 3 rings (SSSR count). The second-order valence-corrected chi connectivity index (χ2v) is 4.67. The Morgan fingerprint density at radius 1 is 1.28 bits per heavy atom. The van der Waals surface area contributed by atoms with E-state index in [0.717, 1.165) is 36.0 Å². The van der Waals surface area contributed by atoms with Gasteiger partial charge in [0.15, 0.2) is 11.5 Å². The molecule has 0 radical (unpaired) electrons. The van der Waals surface area contributed by atoms with Crippen molar-refractivity contribution in [1.29, 1.82) is 0 Å². The third-order valence-electron chi connectivity index (χ3n) is 3.19. The number of ether oxygens (including phenoxy) is 2. The van der Waals surface area contributed by atoms with Gasteiger partial charge in [-0.15, -0.1) is 0 Å². The van der Waals surface area contributed by atoms with Crippen LogP contribution in [-0.4, -0.2) is 44.7 Å². The van der Waals surface area contributed by atoms with Gasteiger partial charge in [-0.05, 0) is 31.8 Å². The van der Waals surface area contributed by atoms with Crippen LogP contribution in [0, 0.1) is 0 Å². The molecule has 2 aliphatic rings. The molecule has 5 nitrogen and oxygen atoms in total. The van der Waals surface area contributed by atoms with Crippen molar-refractivity contribution >= 4 is 5.84 Å². The molecular weight excluding hydrogens is 230 g/mol. The van der Waals surface area contributed by atoms with Crippen LogP contribution in [0.15, 0.2) is 23.2 Å². The number of rotatable bonds is 3. The zero-order chi connectivity index (χ0) is 12.5. The molecule has 0 spiro atoms. The standard InChI is InChI=1S/C13H17N3O2/c1-16(2)12(13-14-5-6-15-13)9-3-4-10-11(7-9)18-8-17-10/h3-4,7,12H,5-6,8H2,1-2H3,(H,14,15). The second kappa shape index (κ2) is 4.49. The molecule has 1 aromatic carbocycles. The lowest BCUT2D eigenvalue weighted by Gasteiger charge is -2.25. The maximum absolute atomic E-state index is 5.43. The number of likely N-dealkylation sites (N-methyl/N-ethyl adjacent to an activating group) is 1. The molecule has 0 saturated heterocycles. The van der Waals surface area contributed by atoms with E-state index in [1.807, 2.05) is 12.1 Å². The molecule has 0 bridgehead atoms. The summed E-state index contributed by atoms with van der Waals surface area (Å²) in [6.07, 6.45) is 0.